The van der Waals surface area contributed by atoms with Crippen molar-refractivity contribution in [2.45, 2.75) is 6.42 Å². The Kier molecular flexibility index (Phi) is 5.70. The number of rotatable bonds is 7. The molecule has 8 nitrogen and oxygen atoms in total. The summed E-state index contributed by atoms with van der Waals surface area (Å²) in [6.45, 7) is 0. The Morgan fingerprint density at radius 1 is 0.935 bits per heavy atom. The van der Waals surface area contributed by atoms with Crippen molar-refractivity contribution in [3.8, 4) is 28.5 Å². The van der Waals surface area contributed by atoms with Gasteiger partial charge in [-0.2, -0.15) is 5.10 Å². The standard InChI is InChI=1S/C23H22N4O4/c1-29-17-6-4-5-16(12-17)20-7-8-22-24-21(14-27(22)26-20)25-23(28)11-15-9-18(30-2)13-19(10-15)31-3/h4-10,12-14H,11H2,1-3H3,(H,25,28). The lowest BCUT2D eigenvalue weighted by atomic mass is 10.1. The third-order valence-electron chi connectivity index (χ3n) is 4.73. The normalized spacial score (nSPS) is 10.7. The number of carbonyl (C=O) groups is 1. The van der Waals surface area contributed by atoms with Gasteiger partial charge in [0.25, 0.3) is 0 Å². The van der Waals surface area contributed by atoms with Crippen LogP contribution in [0.5, 0.6) is 17.2 Å². The smallest absolute Gasteiger partial charge is 0.229 e. The predicted molar refractivity (Wildman–Crippen MR) is 117 cm³/mol. The molecule has 0 bridgehead atoms. The lowest BCUT2D eigenvalue weighted by Gasteiger charge is -2.08. The van der Waals surface area contributed by atoms with E-state index in [0.717, 1.165) is 22.6 Å². The molecule has 0 aliphatic rings. The van der Waals surface area contributed by atoms with E-state index in [0.29, 0.717) is 23.0 Å². The highest BCUT2D eigenvalue weighted by Gasteiger charge is 2.11. The van der Waals surface area contributed by atoms with E-state index in [9.17, 15) is 4.79 Å². The fourth-order valence-corrected chi connectivity index (χ4v) is 3.22. The summed E-state index contributed by atoms with van der Waals surface area (Å²) in [5.41, 5.74) is 3.10. The highest BCUT2D eigenvalue weighted by atomic mass is 16.5. The molecule has 2 heterocycles. The number of anilines is 1. The molecule has 0 fully saturated rings. The summed E-state index contributed by atoms with van der Waals surface area (Å²) in [5, 5.41) is 7.41. The molecule has 2 aromatic heterocycles. The van der Waals surface area contributed by atoms with Gasteiger partial charge in [-0.25, -0.2) is 9.50 Å². The first-order valence-corrected chi connectivity index (χ1v) is 9.60. The van der Waals surface area contributed by atoms with E-state index in [1.165, 1.54) is 0 Å². The van der Waals surface area contributed by atoms with E-state index in [1.54, 1.807) is 50.2 Å². The summed E-state index contributed by atoms with van der Waals surface area (Å²) in [5.74, 6) is 2.24. The number of aromatic nitrogens is 3. The zero-order chi connectivity index (χ0) is 21.8. The van der Waals surface area contributed by atoms with Gasteiger partial charge in [-0.05, 0) is 42.0 Å². The molecule has 8 heteroatoms. The lowest BCUT2D eigenvalue weighted by molar-refractivity contribution is -0.115. The van der Waals surface area contributed by atoms with Gasteiger partial charge in [-0.1, -0.05) is 12.1 Å². The number of benzene rings is 2. The maximum absolute atomic E-state index is 12.5. The van der Waals surface area contributed by atoms with Crippen LogP contribution in [0.4, 0.5) is 5.82 Å². The van der Waals surface area contributed by atoms with Crippen molar-refractivity contribution in [1.82, 2.24) is 14.6 Å². The largest absolute Gasteiger partial charge is 0.497 e. The van der Waals surface area contributed by atoms with E-state index in [-0.39, 0.29) is 12.3 Å². The summed E-state index contributed by atoms with van der Waals surface area (Å²) in [6.07, 6.45) is 1.84. The van der Waals surface area contributed by atoms with Gasteiger partial charge in [0.15, 0.2) is 11.5 Å². The van der Waals surface area contributed by atoms with Gasteiger partial charge in [-0.15, -0.1) is 0 Å². The summed E-state index contributed by atoms with van der Waals surface area (Å²) >= 11 is 0. The van der Waals surface area contributed by atoms with Crippen LogP contribution >= 0.6 is 0 Å². The number of ether oxygens (including phenoxy) is 3. The molecule has 2 aromatic carbocycles. The van der Waals surface area contributed by atoms with Gasteiger partial charge >= 0.3 is 0 Å². The molecule has 0 atom stereocenters. The summed E-state index contributed by atoms with van der Waals surface area (Å²) < 4.78 is 17.4. The highest BCUT2D eigenvalue weighted by molar-refractivity contribution is 5.91. The van der Waals surface area contributed by atoms with Gasteiger partial charge in [0.05, 0.1) is 39.6 Å². The first kappa shape index (κ1) is 20.2. The van der Waals surface area contributed by atoms with Crippen LogP contribution in [-0.4, -0.2) is 41.8 Å². The molecule has 0 saturated heterocycles. The Hall–Kier alpha value is -4.07. The minimum absolute atomic E-state index is 0.157. The van der Waals surface area contributed by atoms with E-state index < -0.39 is 0 Å². The fourth-order valence-electron chi connectivity index (χ4n) is 3.22. The second-order valence-electron chi connectivity index (χ2n) is 6.83. The number of hydrogen-bond donors (Lipinski definition) is 1. The number of carbonyl (C=O) groups excluding carboxylic acids is 1. The molecule has 158 valence electrons. The van der Waals surface area contributed by atoms with E-state index in [2.05, 4.69) is 15.4 Å². The van der Waals surface area contributed by atoms with Crippen molar-refractivity contribution < 1.29 is 19.0 Å². The number of hydrogen-bond acceptors (Lipinski definition) is 6. The Morgan fingerprint density at radius 2 is 1.68 bits per heavy atom. The molecule has 0 saturated carbocycles. The van der Waals surface area contributed by atoms with Crippen LogP contribution in [0.3, 0.4) is 0 Å². The van der Waals surface area contributed by atoms with Gasteiger partial charge in [0, 0.05) is 11.6 Å². The molecule has 31 heavy (non-hydrogen) atoms. The maximum Gasteiger partial charge on any atom is 0.229 e. The van der Waals surface area contributed by atoms with Crippen LogP contribution in [0.25, 0.3) is 16.9 Å². The molecule has 4 rings (SSSR count). The average molecular weight is 418 g/mol. The third kappa shape index (κ3) is 4.58. The zero-order valence-electron chi connectivity index (χ0n) is 17.5. The minimum Gasteiger partial charge on any atom is -0.497 e. The summed E-state index contributed by atoms with van der Waals surface area (Å²) in [6, 6.07) is 16.7. The SMILES string of the molecule is COc1cc(CC(=O)Nc2cn3nc(-c4cccc(OC)c4)ccc3n2)cc(OC)c1. The second-order valence-corrected chi connectivity index (χ2v) is 6.83. The van der Waals surface area contributed by atoms with Crippen LogP contribution in [0.15, 0.2) is 60.8 Å². The second kappa shape index (κ2) is 8.74. The minimum atomic E-state index is -0.202. The topological polar surface area (TPSA) is 87.0 Å². The Bertz CT molecular complexity index is 1210. The van der Waals surface area contributed by atoms with Crippen LogP contribution in [-0.2, 0) is 11.2 Å². The lowest BCUT2D eigenvalue weighted by Crippen LogP contribution is -2.14. The molecule has 1 amide bonds. The van der Waals surface area contributed by atoms with Crippen molar-refractivity contribution in [1.29, 1.82) is 0 Å². The van der Waals surface area contributed by atoms with E-state index in [1.807, 2.05) is 36.4 Å². The number of amides is 1. The number of nitrogens with one attached hydrogen (secondary N) is 1. The number of nitrogens with zero attached hydrogens (tertiary/aromatic N) is 3. The maximum atomic E-state index is 12.5. The molecule has 0 spiro atoms. The Labute approximate surface area is 179 Å². The number of methoxy groups -OCH3 is 3. The predicted octanol–water partition coefficient (Wildman–Crippen LogP) is 3.60. The van der Waals surface area contributed by atoms with Crippen molar-refractivity contribution in [2.75, 3.05) is 26.6 Å². The molecular formula is C23H22N4O4. The van der Waals surface area contributed by atoms with Crippen LogP contribution < -0.4 is 19.5 Å². The molecule has 0 unspecified atom stereocenters. The molecule has 1 N–H and O–H groups in total. The number of fused-ring (bicyclic) bond motifs is 1. The summed E-state index contributed by atoms with van der Waals surface area (Å²) in [4.78, 5) is 17.0. The van der Waals surface area contributed by atoms with E-state index >= 15 is 0 Å². The van der Waals surface area contributed by atoms with Crippen molar-refractivity contribution in [3.63, 3.8) is 0 Å². The molecular weight excluding hydrogens is 396 g/mol. The van der Waals surface area contributed by atoms with Gasteiger partial charge in [0.2, 0.25) is 5.91 Å². The fraction of sp³-hybridized carbons (Fsp3) is 0.174. The van der Waals surface area contributed by atoms with Crippen molar-refractivity contribution >= 4 is 17.4 Å². The van der Waals surface area contributed by atoms with E-state index in [4.69, 9.17) is 14.2 Å². The van der Waals surface area contributed by atoms with Gasteiger partial charge < -0.3 is 19.5 Å². The first-order chi connectivity index (χ1) is 15.1. The van der Waals surface area contributed by atoms with Crippen LogP contribution in [0.1, 0.15) is 5.56 Å². The third-order valence-corrected chi connectivity index (χ3v) is 4.73. The van der Waals surface area contributed by atoms with Gasteiger partial charge in [-0.3, -0.25) is 4.79 Å². The zero-order valence-corrected chi connectivity index (χ0v) is 17.5. The average Bonchev–Trinajstić information content (AvgIpc) is 3.19. The Balaban J connectivity index is 1.52. The molecule has 0 aliphatic carbocycles. The monoisotopic (exact) mass is 418 g/mol. The first-order valence-electron chi connectivity index (χ1n) is 9.60. The van der Waals surface area contributed by atoms with Crippen molar-refractivity contribution in [3.05, 3.63) is 66.4 Å². The highest BCUT2D eigenvalue weighted by Crippen LogP contribution is 2.24. The van der Waals surface area contributed by atoms with Gasteiger partial charge in [0.1, 0.15) is 17.2 Å². The summed E-state index contributed by atoms with van der Waals surface area (Å²) in [7, 11) is 4.77. The molecule has 0 radical (unpaired) electrons. The van der Waals surface area contributed by atoms with Crippen molar-refractivity contribution in [2.24, 2.45) is 0 Å². The quantitative estimate of drug-likeness (QED) is 0.493. The molecule has 0 aliphatic heterocycles. The van der Waals surface area contributed by atoms with Crippen LogP contribution in [0, 0.1) is 0 Å². The van der Waals surface area contributed by atoms with Crippen LogP contribution in [0.2, 0.25) is 0 Å². The Morgan fingerprint density at radius 3 is 2.39 bits per heavy atom. The number of imidazole rings is 1. The molecule has 4 aromatic rings.